The van der Waals surface area contributed by atoms with Gasteiger partial charge in [0.2, 0.25) is 0 Å². The maximum Gasteiger partial charge on any atom is 0.434 e. The van der Waals surface area contributed by atoms with Crippen LogP contribution in [0.1, 0.15) is 0 Å². The van der Waals surface area contributed by atoms with Crippen LogP contribution in [0.25, 0.3) is 0 Å². The van der Waals surface area contributed by atoms with Crippen molar-refractivity contribution in [2.24, 2.45) is 0 Å². The number of hydrogen-bond donors (Lipinski definition) is 0. The second-order valence-electron chi connectivity index (χ2n) is 3.34. The van der Waals surface area contributed by atoms with Crippen LogP contribution in [-0.4, -0.2) is 33.2 Å². The topological polar surface area (TPSA) is 9.23 Å². The molecule has 0 fully saturated rings. The van der Waals surface area contributed by atoms with Gasteiger partial charge in [-0.1, -0.05) is 0 Å². The van der Waals surface area contributed by atoms with Crippen LogP contribution in [0.2, 0.25) is 13.1 Å². The average Bonchev–Trinajstić information content (AvgIpc) is 1.91. The zero-order valence-corrected chi connectivity index (χ0v) is 9.54. The van der Waals surface area contributed by atoms with Gasteiger partial charge < -0.3 is 4.43 Å². The molecule has 0 bridgehead atoms. The van der Waals surface area contributed by atoms with Crippen LogP contribution in [0.15, 0.2) is 0 Å². The first-order valence-corrected chi connectivity index (χ1v) is 6.83. The summed E-state index contributed by atoms with van der Waals surface area (Å²) in [6.07, 6.45) is -19.9. The molecular formula is C6H7F9OSi. The van der Waals surface area contributed by atoms with Gasteiger partial charge in [0.05, 0.1) is 0 Å². The second kappa shape index (κ2) is 4.34. The molecule has 0 atom stereocenters. The standard InChI is InChI=1S/C6H7F9OSi/c1-17(2)16-3(4(7,8)9,5(10,11)12)6(13,14)15/h17H,1-2H3. The molecule has 11 heteroatoms. The van der Waals surface area contributed by atoms with Crippen LogP contribution >= 0.6 is 0 Å². The molecule has 0 spiro atoms. The van der Waals surface area contributed by atoms with Gasteiger partial charge in [-0.05, 0) is 13.1 Å². The number of hydrogen-bond acceptors (Lipinski definition) is 1. The Morgan fingerprint density at radius 1 is 0.647 bits per heavy atom. The summed E-state index contributed by atoms with van der Waals surface area (Å²) < 4.78 is 113. The molecule has 0 radical (unpaired) electrons. The molecular weight excluding hydrogens is 287 g/mol. The Kier molecular flexibility index (Phi) is 4.22. The van der Waals surface area contributed by atoms with E-state index in [1.54, 1.807) is 0 Å². The fourth-order valence-corrected chi connectivity index (χ4v) is 2.14. The van der Waals surface area contributed by atoms with E-state index in [9.17, 15) is 39.5 Å². The largest absolute Gasteiger partial charge is 0.434 e. The molecule has 0 aromatic carbocycles. The van der Waals surface area contributed by atoms with E-state index in [2.05, 4.69) is 4.43 Å². The maximum absolute atomic E-state index is 12.2. The normalized spacial score (nSPS) is 15.5. The fraction of sp³-hybridized carbons (Fsp3) is 1.00. The Balaban J connectivity index is 5.93. The quantitative estimate of drug-likeness (QED) is 0.560. The zero-order chi connectivity index (χ0) is 14.3. The summed E-state index contributed by atoms with van der Waals surface area (Å²) in [7, 11) is -3.25. The summed E-state index contributed by atoms with van der Waals surface area (Å²) in [4.78, 5) is 0. The lowest BCUT2D eigenvalue weighted by Crippen LogP contribution is -2.68. The van der Waals surface area contributed by atoms with E-state index in [1.165, 1.54) is 0 Å². The number of rotatable bonds is 2. The van der Waals surface area contributed by atoms with E-state index >= 15 is 0 Å². The highest BCUT2D eigenvalue weighted by atomic mass is 28.3. The van der Waals surface area contributed by atoms with E-state index < -0.39 is 33.2 Å². The van der Waals surface area contributed by atoms with Crippen molar-refractivity contribution in [2.75, 3.05) is 0 Å². The first-order valence-electron chi connectivity index (χ1n) is 4.05. The van der Waals surface area contributed by atoms with E-state index in [0.717, 1.165) is 13.1 Å². The third-order valence-corrected chi connectivity index (χ3v) is 2.44. The second-order valence-corrected chi connectivity index (χ2v) is 5.67. The van der Waals surface area contributed by atoms with Crippen molar-refractivity contribution in [3.63, 3.8) is 0 Å². The van der Waals surface area contributed by atoms with Gasteiger partial charge >= 0.3 is 24.1 Å². The lowest BCUT2D eigenvalue weighted by Gasteiger charge is -2.39. The lowest BCUT2D eigenvalue weighted by molar-refractivity contribution is -0.438. The smallest absolute Gasteiger partial charge is 0.393 e. The highest BCUT2D eigenvalue weighted by molar-refractivity contribution is 6.48. The molecule has 0 N–H and O–H groups in total. The molecule has 0 aromatic rings. The third kappa shape index (κ3) is 2.87. The highest BCUT2D eigenvalue weighted by Gasteiger charge is 2.85. The zero-order valence-electron chi connectivity index (χ0n) is 8.39. The minimum absolute atomic E-state index is 0.776. The van der Waals surface area contributed by atoms with E-state index in [1.807, 2.05) is 0 Å². The van der Waals surface area contributed by atoms with Gasteiger partial charge in [-0.2, -0.15) is 39.5 Å². The number of halogens is 9. The first kappa shape index (κ1) is 16.5. The van der Waals surface area contributed by atoms with Crippen LogP contribution in [0.4, 0.5) is 39.5 Å². The first-order chi connectivity index (χ1) is 7.17. The molecule has 0 aliphatic rings. The molecule has 0 saturated carbocycles. The predicted molar refractivity (Wildman–Crippen MR) is 40.9 cm³/mol. The molecule has 0 amide bonds. The van der Waals surface area contributed by atoms with Crippen molar-refractivity contribution >= 4 is 9.04 Å². The van der Waals surface area contributed by atoms with Gasteiger partial charge in [-0.25, -0.2) is 0 Å². The molecule has 1 nitrogen and oxygen atoms in total. The summed E-state index contributed by atoms with van der Waals surface area (Å²) in [5.74, 6) is 0. The van der Waals surface area contributed by atoms with Crippen molar-refractivity contribution in [1.29, 1.82) is 0 Å². The minimum Gasteiger partial charge on any atom is -0.393 e. The van der Waals surface area contributed by atoms with Gasteiger partial charge in [-0.15, -0.1) is 0 Å². The average molecular weight is 294 g/mol. The molecule has 0 heterocycles. The summed E-state index contributed by atoms with van der Waals surface area (Å²) in [6.45, 7) is 1.55. The Morgan fingerprint density at radius 2 is 0.882 bits per heavy atom. The monoisotopic (exact) mass is 294 g/mol. The summed E-state index contributed by atoms with van der Waals surface area (Å²) in [6, 6.07) is 0. The van der Waals surface area contributed by atoms with Gasteiger partial charge in [-0.3, -0.25) is 0 Å². The number of alkyl halides is 9. The Labute approximate surface area is 91.3 Å². The molecule has 0 aromatic heterocycles. The van der Waals surface area contributed by atoms with Gasteiger partial charge in [0.25, 0.3) is 0 Å². The van der Waals surface area contributed by atoms with Crippen molar-refractivity contribution in [3.8, 4) is 0 Å². The Hall–Kier alpha value is -0.453. The fourth-order valence-electron chi connectivity index (χ4n) is 1.04. The van der Waals surface area contributed by atoms with E-state index in [0.29, 0.717) is 0 Å². The third-order valence-electron chi connectivity index (χ3n) is 1.61. The predicted octanol–water partition coefficient (Wildman–Crippen LogP) is 3.41. The minimum atomic E-state index is -6.62. The molecule has 104 valence electrons. The molecule has 0 aliphatic carbocycles. The lowest BCUT2D eigenvalue weighted by atomic mass is 10.0. The SMILES string of the molecule is C[SiH](C)OC(C(F)(F)F)(C(F)(F)F)C(F)(F)F. The van der Waals surface area contributed by atoms with Gasteiger partial charge in [0.15, 0.2) is 9.04 Å². The van der Waals surface area contributed by atoms with E-state index in [4.69, 9.17) is 0 Å². The van der Waals surface area contributed by atoms with Crippen LogP contribution in [0.5, 0.6) is 0 Å². The van der Waals surface area contributed by atoms with Crippen LogP contribution in [0, 0.1) is 0 Å². The van der Waals surface area contributed by atoms with E-state index in [-0.39, 0.29) is 0 Å². The van der Waals surface area contributed by atoms with Crippen LogP contribution < -0.4 is 0 Å². The van der Waals surface area contributed by atoms with Crippen molar-refractivity contribution in [1.82, 2.24) is 0 Å². The molecule has 17 heavy (non-hydrogen) atoms. The van der Waals surface area contributed by atoms with Gasteiger partial charge in [0.1, 0.15) is 0 Å². The Bertz CT molecular complexity index is 226. The Morgan fingerprint density at radius 3 is 0.941 bits per heavy atom. The molecule has 0 saturated heterocycles. The van der Waals surface area contributed by atoms with Gasteiger partial charge in [0, 0.05) is 0 Å². The summed E-state index contributed by atoms with van der Waals surface area (Å²) in [5, 5.41) is 0. The maximum atomic E-state index is 12.2. The van der Waals surface area contributed by atoms with Crippen molar-refractivity contribution in [2.45, 2.75) is 37.2 Å². The summed E-state index contributed by atoms with van der Waals surface area (Å²) in [5.41, 5.74) is -6.10. The summed E-state index contributed by atoms with van der Waals surface area (Å²) >= 11 is 0. The molecule has 0 rings (SSSR count). The van der Waals surface area contributed by atoms with Crippen LogP contribution in [-0.2, 0) is 4.43 Å². The van der Waals surface area contributed by atoms with Crippen molar-refractivity contribution < 1.29 is 43.9 Å². The highest BCUT2D eigenvalue weighted by Crippen LogP contribution is 2.55. The molecule has 0 unspecified atom stereocenters. The van der Waals surface area contributed by atoms with Crippen molar-refractivity contribution in [3.05, 3.63) is 0 Å². The molecule has 0 aliphatic heterocycles. The van der Waals surface area contributed by atoms with Crippen LogP contribution in [0.3, 0.4) is 0 Å².